The molecule has 3 rings (SSSR count). The molecule has 0 spiro atoms. The highest BCUT2D eigenvalue weighted by Crippen LogP contribution is 2.29. The Hall–Kier alpha value is -2.67. The van der Waals surface area contributed by atoms with Crippen molar-refractivity contribution in [1.29, 1.82) is 5.26 Å². The van der Waals surface area contributed by atoms with Crippen LogP contribution in [-0.2, 0) is 19.0 Å². The average molecular weight is 474 g/mol. The van der Waals surface area contributed by atoms with Crippen molar-refractivity contribution in [1.82, 2.24) is 9.80 Å². The summed E-state index contributed by atoms with van der Waals surface area (Å²) in [6.45, 7) is 2.72. The molecule has 9 nitrogen and oxygen atoms in total. The first-order valence-corrected chi connectivity index (χ1v) is 11.7. The van der Waals surface area contributed by atoms with Crippen LogP contribution in [-0.4, -0.2) is 94.0 Å². The Morgan fingerprint density at radius 1 is 1.06 bits per heavy atom. The van der Waals surface area contributed by atoms with E-state index in [1.165, 1.54) is 12.0 Å². The van der Waals surface area contributed by atoms with E-state index in [0.29, 0.717) is 13.0 Å². The van der Waals surface area contributed by atoms with Gasteiger partial charge in [-0.1, -0.05) is 13.0 Å². The highest BCUT2D eigenvalue weighted by molar-refractivity contribution is 5.97. The van der Waals surface area contributed by atoms with Crippen LogP contribution >= 0.6 is 0 Å². The maximum atomic E-state index is 13.4. The number of fused-ring (bicyclic) bond motifs is 3. The lowest BCUT2D eigenvalue weighted by Crippen LogP contribution is -2.47. The van der Waals surface area contributed by atoms with E-state index in [1.54, 1.807) is 44.3 Å². The first-order chi connectivity index (χ1) is 16.3. The van der Waals surface area contributed by atoms with Gasteiger partial charge in [0.1, 0.15) is 24.5 Å². The molecule has 1 aromatic carbocycles. The number of nitriles is 1. The molecule has 2 aliphatic rings. The van der Waals surface area contributed by atoms with E-state index < -0.39 is 12.0 Å². The Kier molecular flexibility index (Phi) is 8.89. The van der Waals surface area contributed by atoms with Gasteiger partial charge in [0.2, 0.25) is 5.91 Å². The number of amides is 2. The van der Waals surface area contributed by atoms with Gasteiger partial charge in [-0.05, 0) is 31.4 Å². The number of nitrogens with zero attached hydrogens (tertiary/aromatic N) is 3. The Labute approximate surface area is 201 Å². The molecule has 0 aliphatic carbocycles. The summed E-state index contributed by atoms with van der Waals surface area (Å²) in [5, 5.41) is 9.66. The van der Waals surface area contributed by atoms with Gasteiger partial charge < -0.3 is 28.7 Å². The molecule has 34 heavy (non-hydrogen) atoms. The van der Waals surface area contributed by atoms with Crippen LogP contribution < -0.4 is 4.74 Å². The lowest BCUT2D eigenvalue weighted by Gasteiger charge is -2.37. The number of carbonyl (C=O) groups is 2. The Bertz CT molecular complexity index is 916. The number of carbonyl (C=O) groups excluding carboxylic acids is 2. The minimum Gasteiger partial charge on any atom is -0.489 e. The summed E-state index contributed by atoms with van der Waals surface area (Å²) in [6.07, 6.45) is 1.25. The van der Waals surface area contributed by atoms with Gasteiger partial charge in [0, 0.05) is 41.4 Å². The predicted molar refractivity (Wildman–Crippen MR) is 125 cm³/mol. The summed E-state index contributed by atoms with van der Waals surface area (Å²) in [5.41, 5.74) is 0.552. The zero-order valence-corrected chi connectivity index (χ0v) is 20.7. The van der Waals surface area contributed by atoms with Gasteiger partial charge in [0.25, 0.3) is 5.91 Å². The summed E-state index contributed by atoms with van der Waals surface area (Å²) >= 11 is 0. The van der Waals surface area contributed by atoms with Crippen molar-refractivity contribution >= 4 is 11.8 Å². The van der Waals surface area contributed by atoms with Crippen LogP contribution in [0.15, 0.2) is 18.2 Å². The smallest absolute Gasteiger partial charge is 0.257 e. The fourth-order valence-electron chi connectivity index (χ4n) is 4.63. The van der Waals surface area contributed by atoms with Crippen LogP contribution in [0, 0.1) is 17.2 Å². The van der Waals surface area contributed by atoms with Crippen molar-refractivity contribution < 1.29 is 28.5 Å². The Morgan fingerprint density at radius 3 is 2.47 bits per heavy atom. The number of likely N-dealkylation sites (N-methyl/N-ethyl adjacent to an activating group) is 1. The second kappa shape index (κ2) is 11.6. The van der Waals surface area contributed by atoms with Crippen molar-refractivity contribution in [2.75, 3.05) is 48.0 Å². The molecule has 1 saturated heterocycles. The molecule has 1 fully saturated rings. The highest BCUT2D eigenvalue weighted by Gasteiger charge is 2.34. The molecule has 9 heteroatoms. The van der Waals surface area contributed by atoms with E-state index in [1.807, 2.05) is 6.92 Å². The summed E-state index contributed by atoms with van der Waals surface area (Å²) in [4.78, 5) is 29.7. The molecular formula is C25H35N3O6. The SMILES string of the molecule is CO[C@@H]1CN(C)C(=O)c2cccc(C#N)c2OC[C@H]2O[C@H](CC[C@H]2OC)CCN(C)C(=O)[C@H]1C. The van der Waals surface area contributed by atoms with Crippen LogP contribution in [0.5, 0.6) is 5.75 Å². The van der Waals surface area contributed by atoms with E-state index in [9.17, 15) is 14.9 Å². The van der Waals surface area contributed by atoms with Crippen molar-refractivity contribution in [2.24, 2.45) is 5.92 Å². The Morgan fingerprint density at radius 2 is 1.79 bits per heavy atom. The molecule has 2 heterocycles. The molecular weight excluding hydrogens is 438 g/mol. The number of rotatable bonds is 2. The van der Waals surface area contributed by atoms with Gasteiger partial charge in [-0.15, -0.1) is 0 Å². The topological polar surface area (TPSA) is 101 Å². The summed E-state index contributed by atoms with van der Waals surface area (Å²) in [7, 11) is 6.61. The van der Waals surface area contributed by atoms with Gasteiger partial charge in [-0.25, -0.2) is 0 Å². The zero-order valence-electron chi connectivity index (χ0n) is 20.7. The van der Waals surface area contributed by atoms with Crippen LogP contribution in [0.4, 0.5) is 0 Å². The second-order valence-electron chi connectivity index (χ2n) is 9.05. The van der Waals surface area contributed by atoms with Crippen LogP contribution in [0.2, 0.25) is 0 Å². The fourth-order valence-corrected chi connectivity index (χ4v) is 4.63. The number of methoxy groups -OCH3 is 2. The monoisotopic (exact) mass is 473 g/mol. The third kappa shape index (κ3) is 5.69. The second-order valence-corrected chi connectivity index (χ2v) is 9.05. The third-order valence-corrected chi connectivity index (χ3v) is 6.83. The molecule has 2 bridgehead atoms. The largest absolute Gasteiger partial charge is 0.489 e. The van der Waals surface area contributed by atoms with Crippen molar-refractivity contribution in [3.05, 3.63) is 29.3 Å². The molecule has 5 atom stereocenters. The maximum Gasteiger partial charge on any atom is 0.257 e. The first-order valence-electron chi connectivity index (χ1n) is 11.7. The van der Waals surface area contributed by atoms with Crippen LogP contribution in [0.1, 0.15) is 42.1 Å². The van der Waals surface area contributed by atoms with Crippen molar-refractivity contribution in [2.45, 2.75) is 50.6 Å². The number of hydrogen-bond donors (Lipinski definition) is 0. The van der Waals surface area contributed by atoms with Crippen LogP contribution in [0.3, 0.4) is 0 Å². The van der Waals surface area contributed by atoms with E-state index in [-0.39, 0.29) is 60.2 Å². The molecule has 0 saturated carbocycles. The van der Waals surface area contributed by atoms with Crippen molar-refractivity contribution in [3.8, 4) is 11.8 Å². The molecule has 1 aromatic rings. The Balaban J connectivity index is 1.98. The molecule has 2 amide bonds. The molecule has 186 valence electrons. The molecule has 0 radical (unpaired) electrons. The van der Waals surface area contributed by atoms with Gasteiger partial charge in [-0.3, -0.25) is 9.59 Å². The van der Waals surface area contributed by atoms with Crippen LogP contribution in [0.25, 0.3) is 0 Å². The number of ether oxygens (including phenoxy) is 4. The summed E-state index contributed by atoms with van der Waals surface area (Å²) < 4.78 is 23.6. The minimum atomic E-state index is -0.488. The fraction of sp³-hybridized carbons (Fsp3) is 0.640. The standard InChI is InChI=1S/C25H35N3O6/c1-16-21(32-5)14-28(3)25(30)19-8-6-7-17(13-26)23(19)33-15-22-20(31-4)10-9-18(34-22)11-12-27(2)24(16)29/h6-8,16,18,20-22H,9-12,14-15H2,1-5H3/t16-,18+,20+,21+,22+/m0/s1. The van der Waals surface area contributed by atoms with E-state index in [4.69, 9.17) is 18.9 Å². The lowest BCUT2D eigenvalue weighted by molar-refractivity contribution is -0.147. The van der Waals surface area contributed by atoms with Gasteiger partial charge in [0.15, 0.2) is 0 Å². The average Bonchev–Trinajstić information content (AvgIpc) is 2.86. The highest BCUT2D eigenvalue weighted by atomic mass is 16.6. The number of hydrogen-bond acceptors (Lipinski definition) is 7. The van der Waals surface area contributed by atoms with Gasteiger partial charge in [0.05, 0.1) is 35.4 Å². The molecule has 0 N–H and O–H groups in total. The zero-order chi connectivity index (χ0) is 24.8. The predicted octanol–water partition coefficient (Wildman–Crippen LogP) is 2.08. The van der Waals surface area contributed by atoms with E-state index in [2.05, 4.69) is 6.07 Å². The maximum absolute atomic E-state index is 13.4. The normalized spacial score (nSPS) is 29.2. The third-order valence-electron chi connectivity index (χ3n) is 6.83. The molecule has 0 unspecified atom stereocenters. The van der Waals surface area contributed by atoms with Gasteiger partial charge in [-0.2, -0.15) is 5.26 Å². The minimum absolute atomic E-state index is 0.0441. The summed E-state index contributed by atoms with van der Waals surface area (Å²) in [5.74, 6) is -0.582. The molecule has 0 aromatic heterocycles. The quantitative estimate of drug-likeness (QED) is 0.648. The number of para-hydroxylation sites is 1. The molecule has 2 aliphatic heterocycles. The summed E-state index contributed by atoms with van der Waals surface area (Å²) in [6, 6.07) is 7.04. The van der Waals surface area contributed by atoms with Gasteiger partial charge >= 0.3 is 0 Å². The van der Waals surface area contributed by atoms with E-state index in [0.717, 1.165) is 12.8 Å². The van der Waals surface area contributed by atoms with Crippen molar-refractivity contribution in [3.63, 3.8) is 0 Å². The number of benzene rings is 1. The van der Waals surface area contributed by atoms with E-state index >= 15 is 0 Å². The first kappa shape index (κ1) is 25.9. The lowest BCUT2D eigenvalue weighted by atomic mass is 9.98.